The number of ether oxygens (including phenoxy) is 1. The molecular formula is C21H24N3O2S+. The number of aromatic nitrogens is 2. The molecule has 0 bridgehead atoms. The first-order chi connectivity index (χ1) is 13.1. The van der Waals surface area contributed by atoms with Gasteiger partial charge in [0.2, 0.25) is 0 Å². The Hall–Kier alpha value is -2.44. The minimum atomic E-state index is 0.0194. The van der Waals surface area contributed by atoms with Gasteiger partial charge in [0.25, 0.3) is 5.56 Å². The van der Waals surface area contributed by atoms with Crippen LogP contribution in [0.25, 0.3) is 10.2 Å². The minimum Gasteiger partial charge on any atom is -0.490 e. The Morgan fingerprint density at radius 3 is 2.89 bits per heavy atom. The van der Waals surface area contributed by atoms with E-state index in [0.29, 0.717) is 13.2 Å². The number of hydrogen-bond acceptors (Lipinski definition) is 4. The Balaban J connectivity index is 1.45. The number of H-pyrrole nitrogens is 1. The first-order valence-corrected chi connectivity index (χ1v) is 10.1. The molecule has 0 saturated heterocycles. The normalized spacial score (nSPS) is 14.3. The fourth-order valence-corrected chi connectivity index (χ4v) is 4.97. The van der Waals surface area contributed by atoms with Crippen molar-refractivity contribution in [1.82, 2.24) is 9.97 Å². The summed E-state index contributed by atoms with van der Waals surface area (Å²) in [5, 5.41) is 0.823. The lowest BCUT2D eigenvalue weighted by molar-refractivity contribution is -0.908. The van der Waals surface area contributed by atoms with Crippen molar-refractivity contribution in [3.05, 3.63) is 69.1 Å². The standard InChI is InChI=1S/C21H23N3O2S/c1-3-11-26-15-9-7-14(8-10-15)12-24(2)13-18-22-20(25)19-16-5-4-6-17(16)27-21(19)23-18/h3,7-10H,1,4-6,11-13H2,2H3,(H,22,23,25)/p+1. The SMILES string of the molecule is C=CCOc1ccc(C[NH+](C)Cc2nc3sc4c(c3c(=O)[nH]2)CCC4)cc1. The van der Waals surface area contributed by atoms with Crippen LogP contribution in [0.1, 0.15) is 28.2 Å². The van der Waals surface area contributed by atoms with E-state index in [2.05, 4.69) is 30.7 Å². The second kappa shape index (κ2) is 7.66. The van der Waals surface area contributed by atoms with Crippen molar-refractivity contribution in [2.24, 2.45) is 0 Å². The van der Waals surface area contributed by atoms with Crippen molar-refractivity contribution in [3.63, 3.8) is 0 Å². The van der Waals surface area contributed by atoms with E-state index in [9.17, 15) is 4.79 Å². The predicted octanol–water partition coefficient (Wildman–Crippen LogP) is 2.25. The molecular weight excluding hydrogens is 358 g/mol. The molecule has 27 heavy (non-hydrogen) atoms. The van der Waals surface area contributed by atoms with E-state index < -0.39 is 0 Å². The lowest BCUT2D eigenvalue weighted by atomic mass is 10.2. The van der Waals surface area contributed by atoms with Crippen LogP contribution >= 0.6 is 11.3 Å². The molecule has 1 aliphatic rings. The van der Waals surface area contributed by atoms with Crippen LogP contribution in [-0.4, -0.2) is 23.6 Å². The molecule has 2 N–H and O–H groups in total. The van der Waals surface area contributed by atoms with Crippen LogP contribution in [-0.2, 0) is 25.9 Å². The van der Waals surface area contributed by atoms with E-state index in [1.54, 1.807) is 17.4 Å². The Morgan fingerprint density at radius 2 is 2.11 bits per heavy atom. The van der Waals surface area contributed by atoms with Gasteiger partial charge in [-0.1, -0.05) is 12.7 Å². The zero-order valence-corrected chi connectivity index (χ0v) is 16.3. The maximum Gasteiger partial charge on any atom is 0.260 e. The molecule has 0 spiro atoms. The van der Waals surface area contributed by atoms with Gasteiger partial charge in [-0.3, -0.25) is 4.79 Å². The van der Waals surface area contributed by atoms with Crippen molar-refractivity contribution in [3.8, 4) is 5.75 Å². The number of aromatic amines is 1. The number of nitrogens with one attached hydrogen (secondary N) is 2. The summed E-state index contributed by atoms with van der Waals surface area (Å²) >= 11 is 1.69. The summed E-state index contributed by atoms with van der Waals surface area (Å²) in [5.74, 6) is 1.61. The van der Waals surface area contributed by atoms with E-state index >= 15 is 0 Å². The Kier molecular flexibility index (Phi) is 5.09. The summed E-state index contributed by atoms with van der Waals surface area (Å²) in [4.78, 5) is 23.8. The first kappa shape index (κ1) is 17.9. The van der Waals surface area contributed by atoms with E-state index in [0.717, 1.165) is 47.6 Å². The first-order valence-electron chi connectivity index (χ1n) is 9.31. The van der Waals surface area contributed by atoms with E-state index in [1.165, 1.54) is 20.9 Å². The molecule has 0 radical (unpaired) electrons. The van der Waals surface area contributed by atoms with Gasteiger partial charge >= 0.3 is 0 Å². The van der Waals surface area contributed by atoms with Crippen LogP contribution in [0, 0.1) is 0 Å². The number of quaternary nitrogens is 1. The zero-order valence-electron chi connectivity index (χ0n) is 15.5. The summed E-state index contributed by atoms with van der Waals surface area (Å²) in [5.41, 5.74) is 2.47. The fraction of sp³-hybridized carbons (Fsp3) is 0.333. The molecule has 0 fully saturated rings. The molecule has 140 valence electrons. The maximum absolute atomic E-state index is 12.6. The second-order valence-corrected chi connectivity index (χ2v) is 8.19. The van der Waals surface area contributed by atoms with Gasteiger partial charge in [-0.05, 0) is 49.1 Å². The lowest BCUT2D eigenvalue weighted by Crippen LogP contribution is -3.06. The average molecular weight is 383 g/mol. The van der Waals surface area contributed by atoms with Crippen LogP contribution in [0.3, 0.4) is 0 Å². The van der Waals surface area contributed by atoms with Crippen LogP contribution in [0.2, 0.25) is 0 Å². The third-order valence-corrected chi connectivity index (χ3v) is 6.08. The van der Waals surface area contributed by atoms with Gasteiger partial charge in [-0.2, -0.15) is 0 Å². The quantitative estimate of drug-likeness (QED) is 0.616. The molecule has 1 unspecified atom stereocenters. The van der Waals surface area contributed by atoms with Gasteiger partial charge in [0.05, 0.1) is 12.4 Å². The Morgan fingerprint density at radius 1 is 1.30 bits per heavy atom. The summed E-state index contributed by atoms with van der Waals surface area (Å²) in [6.07, 6.45) is 4.99. The summed E-state index contributed by atoms with van der Waals surface area (Å²) in [6, 6.07) is 8.10. The smallest absolute Gasteiger partial charge is 0.260 e. The molecule has 0 saturated carbocycles. The van der Waals surface area contributed by atoms with Crippen molar-refractivity contribution >= 4 is 21.6 Å². The largest absolute Gasteiger partial charge is 0.490 e. The molecule has 3 aromatic rings. The van der Waals surface area contributed by atoms with E-state index in [1.807, 2.05) is 12.1 Å². The molecule has 6 heteroatoms. The number of aryl methyl sites for hydroxylation is 2. The number of fused-ring (bicyclic) bond motifs is 3. The molecule has 2 heterocycles. The number of nitrogens with zero attached hydrogens (tertiary/aromatic N) is 1. The monoisotopic (exact) mass is 382 g/mol. The van der Waals surface area contributed by atoms with E-state index in [4.69, 9.17) is 9.72 Å². The fourth-order valence-electron chi connectivity index (χ4n) is 3.69. The molecule has 2 aromatic heterocycles. The van der Waals surface area contributed by atoms with Gasteiger partial charge in [0, 0.05) is 10.4 Å². The van der Waals surface area contributed by atoms with Crippen LogP contribution in [0.15, 0.2) is 41.7 Å². The van der Waals surface area contributed by atoms with Gasteiger partial charge in [-0.25, -0.2) is 4.98 Å². The third-order valence-electron chi connectivity index (χ3n) is 4.89. The summed E-state index contributed by atoms with van der Waals surface area (Å²) in [6.45, 7) is 5.70. The van der Waals surface area contributed by atoms with Crippen molar-refractivity contribution < 1.29 is 9.64 Å². The average Bonchev–Trinajstić information content (AvgIpc) is 3.21. The number of hydrogen-bond donors (Lipinski definition) is 2. The Labute approximate surface area is 162 Å². The van der Waals surface area contributed by atoms with Gasteiger partial charge in [0.1, 0.15) is 30.3 Å². The summed E-state index contributed by atoms with van der Waals surface area (Å²) < 4.78 is 5.52. The molecule has 1 aliphatic carbocycles. The zero-order chi connectivity index (χ0) is 18.8. The highest BCUT2D eigenvalue weighted by Crippen LogP contribution is 2.34. The van der Waals surface area contributed by atoms with Gasteiger partial charge in [-0.15, -0.1) is 11.3 Å². The van der Waals surface area contributed by atoms with Gasteiger partial charge in [0.15, 0.2) is 5.82 Å². The molecule has 4 rings (SSSR count). The minimum absolute atomic E-state index is 0.0194. The third kappa shape index (κ3) is 3.82. The van der Waals surface area contributed by atoms with Crippen molar-refractivity contribution in [2.45, 2.75) is 32.4 Å². The number of thiophene rings is 1. The van der Waals surface area contributed by atoms with Crippen LogP contribution < -0.4 is 15.2 Å². The highest BCUT2D eigenvalue weighted by atomic mass is 32.1. The lowest BCUT2D eigenvalue weighted by Gasteiger charge is -2.14. The molecule has 5 nitrogen and oxygen atoms in total. The molecule has 1 atom stereocenters. The highest BCUT2D eigenvalue weighted by molar-refractivity contribution is 7.18. The summed E-state index contributed by atoms with van der Waals surface area (Å²) in [7, 11) is 2.11. The van der Waals surface area contributed by atoms with Crippen LogP contribution in [0.4, 0.5) is 0 Å². The topological polar surface area (TPSA) is 59.4 Å². The highest BCUT2D eigenvalue weighted by Gasteiger charge is 2.21. The van der Waals surface area contributed by atoms with Crippen LogP contribution in [0.5, 0.6) is 5.75 Å². The second-order valence-electron chi connectivity index (χ2n) is 7.10. The molecule has 0 aliphatic heterocycles. The van der Waals surface area contributed by atoms with Crippen molar-refractivity contribution in [1.29, 1.82) is 0 Å². The number of rotatable bonds is 7. The maximum atomic E-state index is 12.6. The number of benzene rings is 1. The predicted molar refractivity (Wildman–Crippen MR) is 109 cm³/mol. The van der Waals surface area contributed by atoms with E-state index in [-0.39, 0.29) is 5.56 Å². The van der Waals surface area contributed by atoms with Gasteiger partial charge < -0.3 is 14.6 Å². The molecule has 1 aromatic carbocycles. The Bertz CT molecular complexity index is 1020. The molecule has 0 amide bonds. The van der Waals surface area contributed by atoms with Crippen molar-refractivity contribution in [2.75, 3.05) is 13.7 Å².